The molecule has 0 saturated heterocycles. The van der Waals surface area contributed by atoms with Gasteiger partial charge in [-0.1, -0.05) is 30.6 Å². The molecule has 1 saturated carbocycles. The number of rotatable bonds is 5. The molecule has 1 N–H and O–H groups in total. The van der Waals surface area contributed by atoms with Crippen molar-refractivity contribution < 1.29 is 9.53 Å². The molecule has 2 heterocycles. The highest BCUT2D eigenvalue weighted by Gasteiger charge is 2.21. The number of carbonyl (C=O) groups is 1. The van der Waals surface area contributed by atoms with Crippen LogP contribution >= 0.6 is 11.3 Å². The number of hydrogen-bond acceptors (Lipinski definition) is 6. The third-order valence-electron chi connectivity index (χ3n) is 3.91. The monoisotopic (exact) mass is 332 g/mol. The van der Waals surface area contributed by atoms with E-state index in [9.17, 15) is 4.79 Å². The molecule has 1 amide bonds. The van der Waals surface area contributed by atoms with Gasteiger partial charge >= 0.3 is 0 Å². The summed E-state index contributed by atoms with van der Waals surface area (Å²) in [6.45, 7) is 2.32. The summed E-state index contributed by atoms with van der Waals surface area (Å²) in [7, 11) is 0. The Morgan fingerprint density at radius 3 is 2.96 bits per heavy atom. The highest BCUT2D eigenvalue weighted by atomic mass is 32.1. The molecule has 0 aromatic carbocycles. The van der Waals surface area contributed by atoms with Crippen molar-refractivity contribution in [1.29, 1.82) is 0 Å². The van der Waals surface area contributed by atoms with Crippen LogP contribution in [0.1, 0.15) is 60.3 Å². The van der Waals surface area contributed by atoms with E-state index in [1.807, 2.05) is 6.92 Å². The van der Waals surface area contributed by atoms with E-state index in [0.29, 0.717) is 29.1 Å². The van der Waals surface area contributed by atoms with E-state index >= 15 is 0 Å². The molecule has 0 radical (unpaired) electrons. The van der Waals surface area contributed by atoms with Crippen LogP contribution in [0.25, 0.3) is 0 Å². The first-order valence-corrected chi connectivity index (χ1v) is 8.82. The molecule has 0 aliphatic heterocycles. The lowest BCUT2D eigenvalue weighted by Crippen LogP contribution is -2.14. The van der Waals surface area contributed by atoms with E-state index in [1.54, 1.807) is 18.3 Å². The fourth-order valence-electron chi connectivity index (χ4n) is 2.78. The van der Waals surface area contributed by atoms with Gasteiger partial charge < -0.3 is 4.74 Å². The molecule has 6 nitrogen and oxygen atoms in total. The molecule has 2 aromatic rings. The van der Waals surface area contributed by atoms with Gasteiger partial charge in [-0.15, -0.1) is 10.2 Å². The van der Waals surface area contributed by atoms with Crippen molar-refractivity contribution in [3.8, 4) is 5.88 Å². The van der Waals surface area contributed by atoms with Crippen LogP contribution in [0.2, 0.25) is 0 Å². The summed E-state index contributed by atoms with van der Waals surface area (Å²) < 4.78 is 5.39. The number of aromatic nitrogens is 3. The van der Waals surface area contributed by atoms with Gasteiger partial charge in [0.05, 0.1) is 6.61 Å². The van der Waals surface area contributed by atoms with Gasteiger partial charge in [-0.3, -0.25) is 10.1 Å². The minimum Gasteiger partial charge on any atom is -0.477 e. The molecule has 0 spiro atoms. The lowest BCUT2D eigenvalue weighted by molar-refractivity contribution is 0.102. The minimum absolute atomic E-state index is 0.270. The van der Waals surface area contributed by atoms with E-state index in [-0.39, 0.29) is 5.91 Å². The molecule has 122 valence electrons. The molecule has 3 rings (SSSR count). The maximum absolute atomic E-state index is 12.4. The van der Waals surface area contributed by atoms with Crippen LogP contribution in [-0.4, -0.2) is 27.7 Å². The highest BCUT2D eigenvalue weighted by molar-refractivity contribution is 7.15. The number of pyridine rings is 1. The maximum Gasteiger partial charge on any atom is 0.262 e. The van der Waals surface area contributed by atoms with E-state index in [1.165, 1.54) is 43.4 Å². The van der Waals surface area contributed by atoms with E-state index in [2.05, 4.69) is 20.5 Å². The Morgan fingerprint density at radius 2 is 2.17 bits per heavy atom. The maximum atomic E-state index is 12.4. The first-order chi connectivity index (χ1) is 11.3. The Bertz CT molecular complexity index is 668. The van der Waals surface area contributed by atoms with Gasteiger partial charge in [0.2, 0.25) is 11.0 Å². The van der Waals surface area contributed by atoms with Gasteiger partial charge in [0.15, 0.2) is 0 Å². The zero-order chi connectivity index (χ0) is 16.1. The third-order valence-corrected chi connectivity index (χ3v) is 4.91. The second-order valence-electron chi connectivity index (χ2n) is 5.52. The van der Waals surface area contributed by atoms with E-state index in [4.69, 9.17) is 4.74 Å². The summed E-state index contributed by atoms with van der Waals surface area (Å²) in [5.41, 5.74) is 0.406. The van der Waals surface area contributed by atoms with Crippen LogP contribution in [0.5, 0.6) is 5.88 Å². The normalized spacial score (nSPS) is 15.3. The predicted octanol–water partition coefficient (Wildman–Crippen LogP) is 3.63. The quantitative estimate of drug-likeness (QED) is 0.904. The molecule has 0 unspecified atom stereocenters. The molecule has 7 heteroatoms. The lowest BCUT2D eigenvalue weighted by atomic mass is 9.90. The number of carbonyl (C=O) groups excluding carboxylic acids is 1. The van der Waals surface area contributed by atoms with Crippen LogP contribution in [-0.2, 0) is 0 Å². The summed E-state index contributed by atoms with van der Waals surface area (Å²) in [5.74, 6) is 0.557. The van der Waals surface area contributed by atoms with Gasteiger partial charge in [-0.25, -0.2) is 4.98 Å². The summed E-state index contributed by atoms with van der Waals surface area (Å²) in [5, 5.41) is 12.7. The molecule has 1 fully saturated rings. The average Bonchev–Trinajstić information content (AvgIpc) is 3.05. The Labute approximate surface area is 139 Å². The van der Waals surface area contributed by atoms with Gasteiger partial charge in [0.1, 0.15) is 10.6 Å². The Kier molecular flexibility index (Phi) is 5.17. The molecule has 23 heavy (non-hydrogen) atoms. The third kappa shape index (κ3) is 3.85. The number of amides is 1. The average molecular weight is 332 g/mol. The summed E-state index contributed by atoms with van der Waals surface area (Å²) >= 11 is 1.47. The summed E-state index contributed by atoms with van der Waals surface area (Å²) in [4.78, 5) is 16.5. The van der Waals surface area contributed by atoms with Crippen molar-refractivity contribution in [2.75, 3.05) is 11.9 Å². The zero-order valence-corrected chi connectivity index (χ0v) is 13.9. The lowest BCUT2D eigenvalue weighted by Gasteiger charge is -2.18. The predicted molar refractivity (Wildman–Crippen MR) is 89.1 cm³/mol. The molecular formula is C16H20N4O2S. The zero-order valence-electron chi connectivity index (χ0n) is 13.1. The number of nitrogens with one attached hydrogen (secondary N) is 1. The summed E-state index contributed by atoms with van der Waals surface area (Å²) in [6.07, 6.45) is 7.74. The van der Waals surface area contributed by atoms with E-state index in [0.717, 1.165) is 5.01 Å². The number of nitrogens with zero attached hydrogens (tertiary/aromatic N) is 3. The molecular weight excluding hydrogens is 312 g/mol. The van der Waals surface area contributed by atoms with E-state index < -0.39 is 0 Å². The van der Waals surface area contributed by atoms with Crippen molar-refractivity contribution in [2.24, 2.45) is 0 Å². The van der Waals surface area contributed by atoms with Gasteiger partial charge in [0, 0.05) is 12.1 Å². The van der Waals surface area contributed by atoms with Gasteiger partial charge in [-0.05, 0) is 31.9 Å². The fraction of sp³-hybridized carbons (Fsp3) is 0.500. The first kappa shape index (κ1) is 15.9. The summed E-state index contributed by atoms with van der Waals surface area (Å²) in [6, 6.07) is 3.40. The standard InChI is InChI=1S/C16H20N4O2S/c1-2-22-14-12(9-6-10-17-14)13(21)18-16-20-19-15(23-16)11-7-4-3-5-8-11/h6,9-11H,2-5,7-8H2,1H3,(H,18,20,21). The Hall–Kier alpha value is -2.02. The Morgan fingerprint density at radius 1 is 1.35 bits per heavy atom. The molecule has 2 aromatic heterocycles. The second kappa shape index (κ2) is 7.50. The molecule has 1 aliphatic rings. The van der Waals surface area contributed by atoms with Crippen LogP contribution in [0.3, 0.4) is 0 Å². The number of anilines is 1. The minimum atomic E-state index is -0.270. The van der Waals surface area contributed by atoms with Gasteiger partial charge in [0.25, 0.3) is 5.91 Å². The molecule has 0 atom stereocenters. The van der Waals surface area contributed by atoms with Crippen molar-refractivity contribution in [2.45, 2.75) is 44.9 Å². The smallest absolute Gasteiger partial charge is 0.262 e. The SMILES string of the molecule is CCOc1ncccc1C(=O)Nc1nnc(C2CCCCC2)s1. The van der Waals surface area contributed by atoms with Crippen LogP contribution in [0.4, 0.5) is 5.13 Å². The number of ether oxygens (including phenoxy) is 1. The Balaban J connectivity index is 1.70. The number of hydrogen-bond donors (Lipinski definition) is 1. The van der Waals surface area contributed by atoms with Crippen molar-refractivity contribution in [1.82, 2.24) is 15.2 Å². The largest absolute Gasteiger partial charge is 0.477 e. The van der Waals surface area contributed by atoms with Crippen LogP contribution in [0, 0.1) is 0 Å². The highest BCUT2D eigenvalue weighted by Crippen LogP contribution is 2.35. The van der Waals surface area contributed by atoms with Crippen molar-refractivity contribution in [3.05, 3.63) is 28.9 Å². The van der Waals surface area contributed by atoms with Crippen LogP contribution < -0.4 is 10.1 Å². The first-order valence-electron chi connectivity index (χ1n) is 8.00. The second-order valence-corrected chi connectivity index (χ2v) is 6.53. The van der Waals surface area contributed by atoms with Crippen molar-refractivity contribution in [3.63, 3.8) is 0 Å². The molecule has 0 bridgehead atoms. The van der Waals surface area contributed by atoms with Crippen LogP contribution in [0.15, 0.2) is 18.3 Å². The van der Waals surface area contributed by atoms with Crippen molar-refractivity contribution >= 4 is 22.4 Å². The molecule has 1 aliphatic carbocycles. The topological polar surface area (TPSA) is 77.0 Å². The van der Waals surface area contributed by atoms with Gasteiger partial charge in [-0.2, -0.15) is 0 Å². The fourth-order valence-corrected chi connectivity index (χ4v) is 3.69.